The fraction of sp³-hybridized carbons (Fsp3) is 0.0556. The summed E-state index contributed by atoms with van der Waals surface area (Å²) < 4.78 is 19.5. The van der Waals surface area contributed by atoms with E-state index in [-0.39, 0.29) is 9.90 Å². The molecule has 0 aliphatic carbocycles. The normalized spacial score (nSPS) is 10.5. The molecule has 6 nitrogen and oxygen atoms in total. The van der Waals surface area contributed by atoms with E-state index >= 15 is 0 Å². The molecule has 0 fully saturated rings. The predicted molar refractivity (Wildman–Crippen MR) is 107 cm³/mol. The molecule has 144 valence electrons. The van der Waals surface area contributed by atoms with Gasteiger partial charge in [-0.2, -0.15) is 0 Å². The average Bonchev–Trinajstić information content (AvgIpc) is 3.00. The third kappa shape index (κ3) is 4.67. The molecule has 0 saturated carbocycles. The second-order valence-corrected chi connectivity index (χ2v) is 7.82. The number of carbonyl (C=O) groups is 3. The molecule has 3 aromatic rings. The van der Waals surface area contributed by atoms with Crippen molar-refractivity contribution in [1.82, 2.24) is 10.9 Å². The first kappa shape index (κ1) is 20.2. The zero-order chi connectivity index (χ0) is 20.3. The maximum atomic E-state index is 13.3. The molecule has 28 heavy (non-hydrogen) atoms. The van der Waals surface area contributed by atoms with E-state index < -0.39 is 30.2 Å². The van der Waals surface area contributed by atoms with Crippen molar-refractivity contribution in [2.24, 2.45) is 0 Å². The number of benzene rings is 2. The van der Waals surface area contributed by atoms with Crippen molar-refractivity contribution in [2.75, 3.05) is 6.61 Å². The highest BCUT2D eigenvalue weighted by molar-refractivity contribution is 9.10. The lowest BCUT2D eigenvalue weighted by molar-refractivity contribution is -0.125. The molecule has 0 bridgehead atoms. The van der Waals surface area contributed by atoms with Crippen molar-refractivity contribution >= 4 is 66.7 Å². The van der Waals surface area contributed by atoms with Crippen LogP contribution in [0, 0.1) is 5.82 Å². The van der Waals surface area contributed by atoms with Crippen molar-refractivity contribution in [3.63, 3.8) is 0 Å². The number of hydrogen-bond donors (Lipinski definition) is 2. The summed E-state index contributed by atoms with van der Waals surface area (Å²) in [7, 11) is 0. The lowest BCUT2D eigenvalue weighted by Crippen LogP contribution is -2.43. The van der Waals surface area contributed by atoms with Gasteiger partial charge < -0.3 is 4.74 Å². The number of fused-ring (bicyclic) bond motifs is 1. The lowest BCUT2D eigenvalue weighted by Gasteiger charge is -2.08. The molecule has 2 N–H and O–H groups in total. The van der Waals surface area contributed by atoms with Gasteiger partial charge in [0.05, 0.1) is 5.02 Å². The van der Waals surface area contributed by atoms with Crippen LogP contribution in [0.2, 0.25) is 5.02 Å². The number of carbonyl (C=O) groups excluding carboxylic acids is 3. The van der Waals surface area contributed by atoms with Gasteiger partial charge in [-0.25, -0.2) is 9.18 Å². The summed E-state index contributed by atoms with van der Waals surface area (Å²) in [5, 5.41) is 0.653. The Balaban J connectivity index is 1.54. The highest BCUT2D eigenvalue weighted by atomic mass is 79.9. The molecule has 0 radical (unpaired) electrons. The van der Waals surface area contributed by atoms with Gasteiger partial charge in [0, 0.05) is 20.1 Å². The standard InChI is InChI=1S/C18H11BrClFN2O4S/c19-10-3-1-9(2-4-10)17(25)23-22-14(24)8-27-18(26)16-15(20)12-6-5-11(21)7-13(12)28-16/h1-7H,8H2,(H,22,24)(H,23,25). The molecule has 3 rings (SSSR count). The molecule has 0 saturated heterocycles. The quantitative estimate of drug-likeness (QED) is 0.431. The molecular weight excluding hydrogens is 475 g/mol. The van der Waals surface area contributed by atoms with Gasteiger partial charge in [-0.15, -0.1) is 11.3 Å². The van der Waals surface area contributed by atoms with Crippen LogP contribution in [0.1, 0.15) is 20.0 Å². The molecular formula is C18H11BrClFN2O4S. The number of rotatable bonds is 4. The Hall–Kier alpha value is -2.49. The van der Waals surface area contributed by atoms with Crippen LogP contribution in [-0.4, -0.2) is 24.4 Å². The van der Waals surface area contributed by atoms with E-state index in [9.17, 15) is 18.8 Å². The predicted octanol–water partition coefficient (Wildman–Crippen LogP) is 4.07. The Labute approximate surface area is 175 Å². The molecule has 1 heterocycles. The Kier molecular flexibility index (Phi) is 6.28. The number of esters is 1. The summed E-state index contributed by atoms with van der Waals surface area (Å²) >= 11 is 10.3. The van der Waals surface area contributed by atoms with E-state index in [2.05, 4.69) is 26.8 Å². The molecule has 0 atom stereocenters. The zero-order valence-corrected chi connectivity index (χ0v) is 17.1. The molecule has 0 spiro atoms. The van der Waals surface area contributed by atoms with Crippen molar-refractivity contribution in [3.05, 3.63) is 68.2 Å². The molecule has 0 aliphatic heterocycles. The van der Waals surface area contributed by atoms with Crippen molar-refractivity contribution in [3.8, 4) is 0 Å². The fourth-order valence-corrected chi connectivity index (χ4v) is 3.89. The second-order valence-electron chi connectivity index (χ2n) is 5.47. The van der Waals surface area contributed by atoms with Gasteiger partial charge in [0.1, 0.15) is 10.7 Å². The number of amides is 2. The Morgan fingerprint density at radius 1 is 1.11 bits per heavy atom. The maximum Gasteiger partial charge on any atom is 0.350 e. The van der Waals surface area contributed by atoms with Gasteiger partial charge in [0.25, 0.3) is 11.8 Å². The third-order valence-corrected chi connectivity index (χ3v) is 5.70. The Morgan fingerprint density at radius 3 is 2.54 bits per heavy atom. The van der Waals surface area contributed by atoms with E-state index in [1.54, 1.807) is 24.3 Å². The maximum absolute atomic E-state index is 13.3. The number of nitrogens with one attached hydrogen (secondary N) is 2. The highest BCUT2D eigenvalue weighted by Gasteiger charge is 2.20. The van der Waals surface area contributed by atoms with Crippen LogP contribution in [0.25, 0.3) is 10.1 Å². The van der Waals surface area contributed by atoms with Crippen LogP contribution in [0.15, 0.2) is 46.9 Å². The molecule has 2 amide bonds. The van der Waals surface area contributed by atoms with Crippen LogP contribution in [0.3, 0.4) is 0 Å². The Morgan fingerprint density at radius 2 is 1.82 bits per heavy atom. The monoisotopic (exact) mass is 484 g/mol. The summed E-state index contributed by atoms with van der Waals surface area (Å²) in [6, 6.07) is 10.4. The summed E-state index contributed by atoms with van der Waals surface area (Å²) in [6.07, 6.45) is 0. The number of halogens is 3. The van der Waals surface area contributed by atoms with Crippen molar-refractivity contribution in [1.29, 1.82) is 0 Å². The molecule has 10 heteroatoms. The van der Waals surface area contributed by atoms with E-state index in [4.69, 9.17) is 16.3 Å². The molecule has 0 unspecified atom stereocenters. The lowest BCUT2D eigenvalue weighted by atomic mass is 10.2. The van der Waals surface area contributed by atoms with E-state index in [0.29, 0.717) is 15.6 Å². The van der Waals surface area contributed by atoms with Crippen LogP contribution in [0.5, 0.6) is 0 Å². The zero-order valence-electron chi connectivity index (χ0n) is 13.9. The van der Waals surface area contributed by atoms with Gasteiger partial charge in [-0.05, 0) is 42.5 Å². The summed E-state index contributed by atoms with van der Waals surface area (Å²) in [6.45, 7) is -0.627. The van der Waals surface area contributed by atoms with Gasteiger partial charge in [-0.1, -0.05) is 27.5 Å². The third-order valence-electron chi connectivity index (χ3n) is 3.53. The van der Waals surface area contributed by atoms with Crippen molar-refractivity contribution in [2.45, 2.75) is 0 Å². The minimum atomic E-state index is -0.819. The number of ether oxygens (including phenoxy) is 1. The van der Waals surface area contributed by atoms with Crippen LogP contribution < -0.4 is 10.9 Å². The first-order chi connectivity index (χ1) is 13.3. The van der Waals surface area contributed by atoms with E-state index in [1.165, 1.54) is 18.2 Å². The Bertz CT molecular complexity index is 1070. The van der Waals surface area contributed by atoms with Crippen LogP contribution in [0.4, 0.5) is 4.39 Å². The first-order valence-corrected chi connectivity index (χ1v) is 9.73. The molecule has 1 aromatic heterocycles. The fourth-order valence-electron chi connectivity index (χ4n) is 2.20. The number of hydrazine groups is 1. The van der Waals surface area contributed by atoms with Gasteiger partial charge in [0.15, 0.2) is 6.61 Å². The van der Waals surface area contributed by atoms with E-state index in [1.807, 2.05) is 0 Å². The second kappa shape index (κ2) is 8.68. The molecule has 0 aliphatic rings. The average molecular weight is 486 g/mol. The summed E-state index contributed by atoms with van der Waals surface area (Å²) in [4.78, 5) is 35.9. The van der Waals surface area contributed by atoms with Crippen LogP contribution >= 0.6 is 38.9 Å². The largest absolute Gasteiger partial charge is 0.451 e. The summed E-state index contributed by atoms with van der Waals surface area (Å²) in [5.41, 5.74) is 4.69. The minimum absolute atomic E-state index is 0.0639. The van der Waals surface area contributed by atoms with Crippen molar-refractivity contribution < 1.29 is 23.5 Å². The van der Waals surface area contributed by atoms with Gasteiger partial charge >= 0.3 is 5.97 Å². The minimum Gasteiger partial charge on any atom is -0.451 e. The number of hydrogen-bond acceptors (Lipinski definition) is 5. The van der Waals surface area contributed by atoms with E-state index in [0.717, 1.165) is 15.8 Å². The smallest absolute Gasteiger partial charge is 0.350 e. The highest BCUT2D eigenvalue weighted by Crippen LogP contribution is 2.36. The van der Waals surface area contributed by atoms with Crippen LogP contribution in [-0.2, 0) is 9.53 Å². The number of thiophene rings is 1. The summed E-state index contributed by atoms with van der Waals surface area (Å²) in [5.74, 6) is -2.53. The first-order valence-electron chi connectivity index (χ1n) is 7.74. The SMILES string of the molecule is O=C(COC(=O)c1sc2cc(F)ccc2c1Cl)NNC(=O)c1ccc(Br)cc1. The molecule has 2 aromatic carbocycles. The van der Waals surface area contributed by atoms with Gasteiger partial charge in [-0.3, -0.25) is 20.4 Å². The van der Waals surface area contributed by atoms with Gasteiger partial charge in [0.2, 0.25) is 0 Å². The topological polar surface area (TPSA) is 84.5 Å².